The Morgan fingerprint density at radius 1 is 1.03 bits per heavy atom. The maximum Gasteiger partial charge on any atom is 0.141 e. The Kier molecular flexibility index (Phi) is 8.60. The molecule has 3 aromatic rings. The minimum Gasteiger partial charge on any atom is -0.490 e. The van der Waals surface area contributed by atoms with Crippen LogP contribution in [0.4, 0.5) is 10.1 Å². The number of halogens is 1. The first-order valence-corrected chi connectivity index (χ1v) is 13.3. The van der Waals surface area contributed by atoms with Gasteiger partial charge in [-0.3, -0.25) is 0 Å². The van der Waals surface area contributed by atoms with E-state index in [1.807, 2.05) is 55.5 Å². The highest BCUT2D eigenvalue weighted by Gasteiger charge is 2.22. The first-order chi connectivity index (χ1) is 17.9. The Labute approximate surface area is 220 Å². The van der Waals surface area contributed by atoms with Gasteiger partial charge in [0.1, 0.15) is 11.6 Å². The van der Waals surface area contributed by atoms with Gasteiger partial charge in [-0.25, -0.2) is 4.39 Å². The van der Waals surface area contributed by atoms with E-state index in [1.165, 1.54) is 12.8 Å². The SMILES string of the molecule is C/C=C/c1ccc(/C(=C(/CC)c2cccc(OC3CCC(C)CC3)c2)c2ccc(N)c(C=N)c2F)cc1. The molecule has 4 heteroatoms. The lowest BCUT2D eigenvalue weighted by Gasteiger charge is -2.27. The van der Waals surface area contributed by atoms with Crippen molar-refractivity contribution < 1.29 is 9.13 Å². The molecule has 0 unspecified atom stereocenters. The zero-order valence-electron chi connectivity index (χ0n) is 22.1. The van der Waals surface area contributed by atoms with Crippen LogP contribution < -0.4 is 10.5 Å². The summed E-state index contributed by atoms with van der Waals surface area (Å²) in [6, 6.07) is 19.7. The van der Waals surface area contributed by atoms with Crippen LogP contribution in [0.25, 0.3) is 17.2 Å². The maximum absolute atomic E-state index is 15.8. The molecular weight excluding hydrogens is 459 g/mol. The van der Waals surface area contributed by atoms with Gasteiger partial charge in [0.05, 0.1) is 11.7 Å². The number of nitrogens with two attached hydrogens (primary N) is 1. The minimum absolute atomic E-state index is 0.111. The average Bonchev–Trinajstić information content (AvgIpc) is 2.90. The van der Waals surface area contributed by atoms with Crippen molar-refractivity contribution in [3.63, 3.8) is 0 Å². The van der Waals surface area contributed by atoms with Crippen LogP contribution in [0.3, 0.4) is 0 Å². The van der Waals surface area contributed by atoms with E-state index in [9.17, 15) is 0 Å². The molecule has 0 bridgehead atoms. The van der Waals surface area contributed by atoms with Crippen LogP contribution in [0.1, 0.15) is 80.7 Å². The highest BCUT2D eigenvalue weighted by Crippen LogP contribution is 2.38. The van der Waals surface area contributed by atoms with Gasteiger partial charge in [-0.2, -0.15) is 0 Å². The number of allylic oxidation sites excluding steroid dienone is 2. The quantitative estimate of drug-likeness (QED) is 0.186. The number of hydrogen-bond acceptors (Lipinski definition) is 3. The fraction of sp³-hybridized carbons (Fsp3) is 0.303. The summed E-state index contributed by atoms with van der Waals surface area (Å²) in [5.41, 5.74) is 11.6. The van der Waals surface area contributed by atoms with Gasteiger partial charge in [-0.05, 0) is 97.0 Å². The van der Waals surface area contributed by atoms with Gasteiger partial charge in [-0.1, -0.05) is 62.4 Å². The molecule has 192 valence electrons. The van der Waals surface area contributed by atoms with E-state index in [-0.39, 0.29) is 17.4 Å². The molecule has 1 fully saturated rings. The van der Waals surface area contributed by atoms with Gasteiger partial charge in [-0.15, -0.1) is 0 Å². The largest absolute Gasteiger partial charge is 0.490 e. The number of nitrogen functional groups attached to an aromatic ring is 1. The van der Waals surface area contributed by atoms with Crippen molar-refractivity contribution in [2.75, 3.05) is 5.73 Å². The van der Waals surface area contributed by atoms with Crippen molar-refractivity contribution in [3.8, 4) is 5.75 Å². The summed E-state index contributed by atoms with van der Waals surface area (Å²) in [7, 11) is 0. The summed E-state index contributed by atoms with van der Waals surface area (Å²) in [6.07, 6.45) is 10.5. The fourth-order valence-electron chi connectivity index (χ4n) is 5.22. The molecule has 1 aliphatic carbocycles. The van der Waals surface area contributed by atoms with E-state index in [0.29, 0.717) is 12.0 Å². The van der Waals surface area contributed by atoms with Crippen molar-refractivity contribution in [3.05, 3.63) is 100 Å². The van der Waals surface area contributed by atoms with Gasteiger partial charge in [0.2, 0.25) is 0 Å². The number of anilines is 1. The molecule has 37 heavy (non-hydrogen) atoms. The normalized spacial score (nSPS) is 18.5. The zero-order chi connectivity index (χ0) is 26.4. The third-order valence-electron chi connectivity index (χ3n) is 7.29. The molecule has 4 rings (SSSR count). The smallest absolute Gasteiger partial charge is 0.141 e. The predicted molar refractivity (Wildman–Crippen MR) is 155 cm³/mol. The molecule has 0 amide bonds. The third kappa shape index (κ3) is 6.02. The summed E-state index contributed by atoms with van der Waals surface area (Å²) in [5, 5.41) is 7.74. The van der Waals surface area contributed by atoms with Crippen LogP contribution >= 0.6 is 0 Å². The molecule has 3 N–H and O–H groups in total. The Morgan fingerprint density at radius 3 is 2.41 bits per heavy atom. The third-order valence-corrected chi connectivity index (χ3v) is 7.29. The van der Waals surface area contributed by atoms with Crippen LogP contribution in [-0.2, 0) is 0 Å². The van der Waals surface area contributed by atoms with E-state index >= 15 is 4.39 Å². The van der Waals surface area contributed by atoms with E-state index in [0.717, 1.165) is 58.6 Å². The summed E-state index contributed by atoms with van der Waals surface area (Å²) in [5.74, 6) is 1.14. The first-order valence-electron chi connectivity index (χ1n) is 13.3. The summed E-state index contributed by atoms with van der Waals surface area (Å²) in [6.45, 7) is 6.38. The molecule has 0 aliphatic heterocycles. The lowest BCUT2D eigenvalue weighted by molar-refractivity contribution is 0.135. The van der Waals surface area contributed by atoms with Crippen LogP contribution in [0.15, 0.2) is 66.7 Å². The number of ether oxygens (including phenoxy) is 1. The molecule has 3 nitrogen and oxygen atoms in total. The van der Waals surface area contributed by atoms with Crippen LogP contribution in [0.5, 0.6) is 5.75 Å². The number of hydrogen-bond donors (Lipinski definition) is 2. The van der Waals surface area contributed by atoms with Gasteiger partial charge < -0.3 is 15.9 Å². The zero-order valence-corrected chi connectivity index (χ0v) is 22.1. The van der Waals surface area contributed by atoms with E-state index in [2.05, 4.69) is 26.0 Å². The molecule has 1 aliphatic rings. The van der Waals surface area contributed by atoms with Crippen molar-refractivity contribution in [1.29, 1.82) is 5.41 Å². The molecule has 0 aromatic heterocycles. The molecular formula is C33H37FN2O. The van der Waals surface area contributed by atoms with Crippen LogP contribution in [-0.4, -0.2) is 12.3 Å². The van der Waals surface area contributed by atoms with Crippen molar-refractivity contribution in [1.82, 2.24) is 0 Å². The summed E-state index contributed by atoms with van der Waals surface area (Å²) >= 11 is 0. The Bertz CT molecular complexity index is 1300. The van der Waals surface area contributed by atoms with Gasteiger partial charge >= 0.3 is 0 Å². The first kappa shape index (κ1) is 26.4. The summed E-state index contributed by atoms with van der Waals surface area (Å²) in [4.78, 5) is 0. The standard InChI is InChI=1S/C33H37FN2O/c1-4-7-23-12-14-24(15-13-23)32(29-18-19-31(36)30(21-35)33(29)34)28(5-2)25-8-6-9-27(20-25)37-26-16-10-22(3)11-17-26/h4,6-9,12-15,18-22,26,35H,5,10-11,16-17,36H2,1-3H3/b7-4+,32-28+,35-21?. The molecule has 1 saturated carbocycles. The second-order valence-electron chi connectivity index (χ2n) is 9.93. The molecule has 0 heterocycles. The highest BCUT2D eigenvalue weighted by molar-refractivity contribution is 6.00. The van der Waals surface area contributed by atoms with Crippen LogP contribution in [0, 0.1) is 17.1 Å². The molecule has 3 aromatic carbocycles. The highest BCUT2D eigenvalue weighted by atomic mass is 19.1. The predicted octanol–water partition coefficient (Wildman–Crippen LogP) is 8.77. The number of nitrogens with one attached hydrogen (secondary N) is 1. The summed E-state index contributed by atoms with van der Waals surface area (Å²) < 4.78 is 22.2. The minimum atomic E-state index is -0.475. The van der Waals surface area contributed by atoms with E-state index in [4.69, 9.17) is 15.9 Å². The Morgan fingerprint density at radius 2 is 1.76 bits per heavy atom. The fourth-order valence-corrected chi connectivity index (χ4v) is 5.22. The van der Waals surface area contributed by atoms with Crippen molar-refractivity contribution in [2.24, 2.45) is 5.92 Å². The topological polar surface area (TPSA) is 59.1 Å². The molecule has 0 atom stereocenters. The lowest BCUT2D eigenvalue weighted by atomic mass is 9.86. The number of benzene rings is 3. The Balaban J connectivity index is 1.85. The van der Waals surface area contributed by atoms with Gasteiger partial charge in [0, 0.05) is 17.5 Å². The van der Waals surface area contributed by atoms with Crippen molar-refractivity contribution >= 4 is 29.1 Å². The van der Waals surface area contributed by atoms with E-state index < -0.39 is 5.82 Å². The average molecular weight is 497 g/mol. The van der Waals surface area contributed by atoms with E-state index in [1.54, 1.807) is 12.1 Å². The maximum atomic E-state index is 15.8. The number of rotatable bonds is 8. The van der Waals surface area contributed by atoms with Gasteiger partial charge in [0.15, 0.2) is 0 Å². The molecule has 0 saturated heterocycles. The monoisotopic (exact) mass is 496 g/mol. The van der Waals surface area contributed by atoms with Gasteiger partial charge in [0.25, 0.3) is 0 Å². The second kappa shape index (κ2) is 12.1. The lowest BCUT2D eigenvalue weighted by Crippen LogP contribution is -2.23. The molecule has 0 spiro atoms. The van der Waals surface area contributed by atoms with Crippen molar-refractivity contribution in [2.45, 2.75) is 59.0 Å². The Hall–Kier alpha value is -3.66. The molecule has 0 radical (unpaired) electrons. The second-order valence-corrected chi connectivity index (χ2v) is 9.93. The van der Waals surface area contributed by atoms with Crippen LogP contribution in [0.2, 0.25) is 0 Å².